The first kappa shape index (κ1) is 8.77. The molecule has 0 atom stereocenters. The van der Waals surface area contributed by atoms with Gasteiger partial charge in [-0.25, -0.2) is 0 Å². The molecule has 1 N–H and O–H groups in total. The van der Waals surface area contributed by atoms with Crippen LogP contribution in [-0.4, -0.2) is 18.1 Å². The molecule has 0 aliphatic carbocycles. The lowest BCUT2D eigenvalue weighted by Gasteiger charge is -1.97. The minimum Gasteiger partial charge on any atom is -0.361 e. The predicted octanol–water partition coefficient (Wildman–Crippen LogP) is 0.580. The van der Waals surface area contributed by atoms with Gasteiger partial charge in [-0.3, -0.25) is 4.79 Å². The molecule has 1 heterocycles. The number of carbonyl (C=O) groups excluding carboxylic acids is 1. The van der Waals surface area contributed by atoms with E-state index in [1.165, 1.54) is 0 Å². The first-order valence-corrected chi connectivity index (χ1v) is 3.84. The Hall–Kier alpha value is -1.32. The fourth-order valence-electron chi connectivity index (χ4n) is 1.11. The van der Waals surface area contributed by atoms with Crippen LogP contribution in [0.5, 0.6) is 0 Å². The Labute approximate surface area is 70.9 Å². The summed E-state index contributed by atoms with van der Waals surface area (Å²) in [6.45, 7) is 4.40. The Bertz CT molecular complexity index is 249. The quantitative estimate of drug-likeness (QED) is 0.528. The van der Waals surface area contributed by atoms with Gasteiger partial charge >= 0.3 is 0 Å². The normalized spacial score (nSPS) is 9.83. The fraction of sp³-hybridized carbons (Fsp3) is 0.500. The van der Waals surface area contributed by atoms with Gasteiger partial charge in [0.25, 0.3) is 0 Å². The van der Waals surface area contributed by atoms with Crippen molar-refractivity contribution in [3.8, 4) is 0 Å². The molecular formula is C8H12N2O2. The van der Waals surface area contributed by atoms with E-state index in [1.54, 1.807) is 0 Å². The molecule has 12 heavy (non-hydrogen) atoms. The maximum Gasteiger partial charge on any atom is 0.207 e. The van der Waals surface area contributed by atoms with Gasteiger partial charge in [0.15, 0.2) is 0 Å². The molecule has 0 spiro atoms. The summed E-state index contributed by atoms with van der Waals surface area (Å²) in [6.07, 6.45) is 1.47. The van der Waals surface area contributed by atoms with E-state index in [0.29, 0.717) is 13.0 Å². The van der Waals surface area contributed by atoms with E-state index in [1.807, 2.05) is 13.8 Å². The van der Waals surface area contributed by atoms with Crippen molar-refractivity contribution in [3.05, 3.63) is 17.0 Å². The second-order valence-corrected chi connectivity index (χ2v) is 2.62. The standard InChI is InChI=1S/C8H12N2O2/c1-6-8(3-4-9-5-11)7(2)12-10-6/h5H,3-4H2,1-2H3,(H,9,11). The summed E-state index contributed by atoms with van der Waals surface area (Å²) < 4.78 is 4.96. The van der Waals surface area contributed by atoms with Crippen molar-refractivity contribution in [1.82, 2.24) is 10.5 Å². The van der Waals surface area contributed by atoms with Crippen LogP contribution in [0.25, 0.3) is 0 Å². The van der Waals surface area contributed by atoms with E-state index in [-0.39, 0.29) is 0 Å². The van der Waals surface area contributed by atoms with Gasteiger partial charge in [-0.2, -0.15) is 0 Å². The first-order chi connectivity index (χ1) is 5.75. The summed E-state index contributed by atoms with van der Waals surface area (Å²) in [4.78, 5) is 9.95. The molecule has 0 saturated carbocycles. The number of aryl methyl sites for hydroxylation is 2. The van der Waals surface area contributed by atoms with E-state index >= 15 is 0 Å². The van der Waals surface area contributed by atoms with E-state index in [4.69, 9.17) is 4.52 Å². The van der Waals surface area contributed by atoms with Crippen LogP contribution >= 0.6 is 0 Å². The second kappa shape index (κ2) is 3.90. The molecule has 0 saturated heterocycles. The first-order valence-electron chi connectivity index (χ1n) is 3.84. The monoisotopic (exact) mass is 168 g/mol. The van der Waals surface area contributed by atoms with Crippen LogP contribution in [-0.2, 0) is 11.2 Å². The Morgan fingerprint density at radius 2 is 2.33 bits per heavy atom. The molecule has 66 valence electrons. The van der Waals surface area contributed by atoms with Crippen LogP contribution in [0.4, 0.5) is 0 Å². The smallest absolute Gasteiger partial charge is 0.207 e. The minimum absolute atomic E-state index is 0.631. The van der Waals surface area contributed by atoms with Crippen LogP contribution < -0.4 is 5.32 Å². The van der Waals surface area contributed by atoms with E-state index in [0.717, 1.165) is 23.4 Å². The summed E-state index contributed by atoms with van der Waals surface area (Å²) in [5.41, 5.74) is 1.99. The molecule has 4 heteroatoms. The zero-order valence-corrected chi connectivity index (χ0v) is 7.26. The summed E-state index contributed by atoms with van der Waals surface area (Å²) in [6, 6.07) is 0. The lowest BCUT2D eigenvalue weighted by Crippen LogP contribution is -2.14. The maximum absolute atomic E-state index is 9.95. The number of carbonyl (C=O) groups is 1. The molecule has 1 rings (SSSR count). The fourth-order valence-corrected chi connectivity index (χ4v) is 1.11. The third-order valence-electron chi connectivity index (χ3n) is 1.78. The molecular weight excluding hydrogens is 156 g/mol. The number of aromatic nitrogens is 1. The average Bonchev–Trinajstić information content (AvgIpc) is 2.35. The highest BCUT2D eigenvalue weighted by Gasteiger charge is 2.07. The van der Waals surface area contributed by atoms with E-state index in [9.17, 15) is 4.79 Å². The summed E-state index contributed by atoms with van der Waals surface area (Å²) >= 11 is 0. The highest BCUT2D eigenvalue weighted by Crippen LogP contribution is 2.11. The molecule has 4 nitrogen and oxygen atoms in total. The zero-order chi connectivity index (χ0) is 8.97. The zero-order valence-electron chi connectivity index (χ0n) is 7.26. The van der Waals surface area contributed by atoms with Gasteiger partial charge in [-0.05, 0) is 20.3 Å². The van der Waals surface area contributed by atoms with Gasteiger partial charge in [0, 0.05) is 12.1 Å². The number of nitrogens with one attached hydrogen (secondary N) is 1. The summed E-state index contributed by atoms with van der Waals surface area (Å²) in [5.74, 6) is 0.834. The van der Waals surface area contributed by atoms with Crippen molar-refractivity contribution in [2.45, 2.75) is 20.3 Å². The number of hydrogen-bond donors (Lipinski definition) is 1. The van der Waals surface area contributed by atoms with Gasteiger partial charge in [0.2, 0.25) is 6.41 Å². The molecule has 1 amide bonds. The molecule has 0 bridgehead atoms. The van der Waals surface area contributed by atoms with Crippen LogP contribution in [0.2, 0.25) is 0 Å². The van der Waals surface area contributed by atoms with Crippen LogP contribution in [0.15, 0.2) is 4.52 Å². The number of nitrogens with zero attached hydrogens (tertiary/aromatic N) is 1. The largest absolute Gasteiger partial charge is 0.361 e. The van der Waals surface area contributed by atoms with Gasteiger partial charge in [0.05, 0.1) is 5.69 Å². The Morgan fingerprint density at radius 1 is 1.58 bits per heavy atom. The van der Waals surface area contributed by atoms with Gasteiger partial charge in [0.1, 0.15) is 5.76 Å². The van der Waals surface area contributed by atoms with Crippen molar-refractivity contribution in [3.63, 3.8) is 0 Å². The van der Waals surface area contributed by atoms with Gasteiger partial charge in [-0.15, -0.1) is 0 Å². The van der Waals surface area contributed by atoms with Crippen LogP contribution in [0.3, 0.4) is 0 Å². The highest BCUT2D eigenvalue weighted by atomic mass is 16.5. The summed E-state index contributed by atoms with van der Waals surface area (Å²) in [7, 11) is 0. The molecule has 0 aliphatic heterocycles. The third kappa shape index (κ3) is 1.84. The molecule has 0 aliphatic rings. The topological polar surface area (TPSA) is 55.1 Å². The molecule has 0 aromatic carbocycles. The van der Waals surface area contributed by atoms with Crippen LogP contribution in [0, 0.1) is 13.8 Å². The Morgan fingerprint density at radius 3 is 2.83 bits per heavy atom. The number of amides is 1. The minimum atomic E-state index is 0.631. The predicted molar refractivity (Wildman–Crippen MR) is 43.7 cm³/mol. The highest BCUT2D eigenvalue weighted by molar-refractivity contribution is 5.45. The van der Waals surface area contributed by atoms with Crippen molar-refractivity contribution in [1.29, 1.82) is 0 Å². The van der Waals surface area contributed by atoms with Gasteiger partial charge in [-0.1, -0.05) is 5.16 Å². The lowest BCUT2D eigenvalue weighted by molar-refractivity contribution is -0.109. The van der Waals surface area contributed by atoms with Crippen molar-refractivity contribution in [2.24, 2.45) is 0 Å². The molecule has 0 radical (unpaired) electrons. The van der Waals surface area contributed by atoms with Crippen LogP contribution in [0.1, 0.15) is 17.0 Å². The van der Waals surface area contributed by atoms with Crippen molar-refractivity contribution in [2.75, 3.05) is 6.54 Å². The number of hydrogen-bond acceptors (Lipinski definition) is 3. The summed E-state index contributed by atoms with van der Waals surface area (Å²) in [5, 5.41) is 6.39. The maximum atomic E-state index is 9.95. The van der Waals surface area contributed by atoms with E-state index < -0.39 is 0 Å². The van der Waals surface area contributed by atoms with E-state index in [2.05, 4.69) is 10.5 Å². The third-order valence-corrected chi connectivity index (χ3v) is 1.78. The molecule has 1 aromatic heterocycles. The second-order valence-electron chi connectivity index (χ2n) is 2.62. The lowest BCUT2D eigenvalue weighted by atomic mass is 10.1. The Kier molecular flexibility index (Phi) is 2.85. The van der Waals surface area contributed by atoms with Gasteiger partial charge < -0.3 is 9.84 Å². The molecule has 1 aromatic rings. The molecule has 0 fully saturated rings. The Balaban J connectivity index is 2.55. The molecule has 0 unspecified atom stereocenters. The van der Waals surface area contributed by atoms with Crippen molar-refractivity contribution >= 4 is 6.41 Å². The average molecular weight is 168 g/mol. The van der Waals surface area contributed by atoms with Crippen molar-refractivity contribution < 1.29 is 9.32 Å². The number of rotatable bonds is 4. The SMILES string of the molecule is Cc1noc(C)c1CCNC=O.